The van der Waals surface area contributed by atoms with E-state index < -0.39 is 0 Å². The summed E-state index contributed by atoms with van der Waals surface area (Å²) in [5, 5.41) is 6.22. The predicted molar refractivity (Wildman–Crippen MR) is 74.8 cm³/mol. The third kappa shape index (κ3) is 3.16. The minimum Gasteiger partial charge on any atom is -0.367 e. The van der Waals surface area contributed by atoms with Crippen LogP contribution in [-0.4, -0.2) is 18.6 Å². The number of hydrogen-bond acceptors (Lipinski definition) is 4. The summed E-state index contributed by atoms with van der Waals surface area (Å²) in [5.41, 5.74) is 2.22. The fourth-order valence-corrected chi connectivity index (χ4v) is 2.70. The van der Waals surface area contributed by atoms with E-state index in [4.69, 9.17) is 4.74 Å². The normalized spacial score (nSPS) is 12.6. The Bertz CT molecular complexity index is 470. The van der Waals surface area contributed by atoms with Crippen molar-refractivity contribution in [1.82, 2.24) is 10.3 Å². The van der Waals surface area contributed by atoms with Crippen molar-refractivity contribution in [2.75, 3.05) is 13.7 Å². The Morgan fingerprint density at radius 3 is 2.78 bits per heavy atom. The lowest BCUT2D eigenvalue weighted by atomic mass is 10.1. The lowest BCUT2D eigenvalue weighted by Gasteiger charge is -2.14. The zero-order valence-corrected chi connectivity index (χ0v) is 11.5. The molecule has 0 amide bonds. The summed E-state index contributed by atoms with van der Waals surface area (Å²) in [6, 6.07) is 10.2. The number of benzene rings is 1. The second-order valence-electron chi connectivity index (χ2n) is 3.95. The van der Waals surface area contributed by atoms with Crippen LogP contribution in [0.3, 0.4) is 0 Å². The highest BCUT2D eigenvalue weighted by atomic mass is 32.1. The maximum atomic E-state index is 5.83. The fourth-order valence-electron chi connectivity index (χ4n) is 1.81. The molecule has 0 aliphatic carbocycles. The van der Waals surface area contributed by atoms with Gasteiger partial charge in [-0.05, 0) is 19.5 Å². The average Bonchev–Trinajstić information content (AvgIpc) is 2.86. The summed E-state index contributed by atoms with van der Waals surface area (Å²) >= 11 is 1.66. The Hall–Kier alpha value is -1.23. The van der Waals surface area contributed by atoms with Crippen molar-refractivity contribution in [3.63, 3.8) is 0 Å². The molecule has 1 atom stereocenters. The first-order valence-corrected chi connectivity index (χ1v) is 6.98. The van der Waals surface area contributed by atoms with Crippen LogP contribution in [0.5, 0.6) is 0 Å². The van der Waals surface area contributed by atoms with Crippen LogP contribution < -0.4 is 5.32 Å². The molecule has 0 saturated carbocycles. The molecule has 1 aromatic heterocycles. The van der Waals surface area contributed by atoms with E-state index in [1.54, 1.807) is 11.3 Å². The molecule has 0 fully saturated rings. The summed E-state index contributed by atoms with van der Waals surface area (Å²) in [7, 11) is 1.93. The zero-order chi connectivity index (χ0) is 12.8. The molecular formula is C14H18N2OS. The average molecular weight is 262 g/mol. The van der Waals surface area contributed by atoms with Crippen molar-refractivity contribution in [2.45, 2.75) is 19.6 Å². The van der Waals surface area contributed by atoms with E-state index in [1.807, 2.05) is 32.2 Å². The van der Waals surface area contributed by atoms with Gasteiger partial charge in [-0.2, -0.15) is 0 Å². The molecule has 1 aromatic carbocycles. The van der Waals surface area contributed by atoms with Crippen LogP contribution in [0.25, 0.3) is 0 Å². The molecule has 1 N–H and O–H groups in total. The summed E-state index contributed by atoms with van der Waals surface area (Å²) in [6.45, 7) is 3.49. The van der Waals surface area contributed by atoms with Gasteiger partial charge in [-0.15, -0.1) is 11.3 Å². The smallest absolute Gasteiger partial charge is 0.134 e. The Kier molecular flexibility index (Phi) is 4.87. The van der Waals surface area contributed by atoms with Gasteiger partial charge in [0.15, 0.2) is 0 Å². The van der Waals surface area contributed by atoms with E-state index in [1.165, 1.54) is 0 Å². The molecule has 0 radical (unpaired) electrons. The van der Waals surface area contributed by atoms with Crippen molar-refractivity contribution < 1.29 is 4.74 Å². The first kappa shape index (κ1) is 13.2. The quantitative estimate of drug-likeness (QED) is 0.869. The molecule has 1 heterocycles. The third-order valence-corrected chi connectivity index (χ3v) is 3.52. The Morgan fingerprint density at radius 2 is 2.11 bits per heavy atom. The highest BCUT2D eigenvalue weighted by molar-refractivity contribution is 7.09. The van der Waals surface area contributed by atoms with E-state index in [0.717, 1.165) is 22.8 Å². The van der Waals surface area contributed by atoms with Crippen LogP contribution in [0, 0.1) is 0 Å². The van der Waals surface area contributed by atoms with Crippen molar-refractivity contribution in [3.8, 4) is 0 Å². The number of aromatic nitrogens is 1. The topological polar surface area (TPSA) is 34.1 Å². The maximum Gasteiger partial charge on any atom is 0.134 e. The van der Waals surface area contributed by atoms with Gasteiger partial charge in [-0.25, -0.2) is 4.98 Å². The number of thiazole rings is 1. The Morgan fingerprint density at radius 1 is 1.33 bits per heavy atom. The Labute approximate surface area is 112 Å². The van der Waals surface area contributed by atoms with Crippen molar-refractivity contribution in [2.24, 2.45) is 0 Å². The SMILES string of the molecule is CCOC(c1ccccc1)c1nc(CNC)cs1. The number of nitrogens with zero attached hydrogens (tertiary/aromatic N) is 1. The van der Waals surface area contributed by atoms with Gasteiger partial charge in [-0.3, -0.25) is 0 Å². The highest BCUT2D eigenvalue weighted by Gasteiger charge is 2.17. The summed E-state index contributed by atoms with van der Waals surface area (Å²) < 4.78 is 5.83. The molecule has 3 nitrogen and oxygen atoms in total. The van der Waals surface area contributed by atoms with Gasteiger partial charge in [0.25, 0.3) is 0 Å². The van der Waals surface area contributed by atoms with E-state index in [9.17, 15) is 0 Å². The van der Waals surface area contributed by atoms with Gasteiger partial charge in [0, 0.05) is 18.5 Å². The van der Waals surface area contributed by atoms with Crippen LogP contribution in [-0.2, 0) is 11.3 Å². The molecule has 96 valence electrons. The lowest BCUT2D eigenvalue weighted by molar-refractivity contribution is 0.0910. The van der Waals surface area contributed by atoms with Crippen LogP contribution in [0.15, 0.2) is 35.7 Å². The third-order valence-electron chi connectivity index (χ3n) is 2.59. The highest BCUT2D eigenvalue weighted by Crippen LogP contribution is 2.28. The number of nitrogens with one attached hydrogen (secondary N) is 1. The molecule has 0 aliphatic heterocycles. The second kappa shape index (κ2) is 6.64. The molecule has 2 aromatic rings. The van der Waals surface area contributed by atoms with Crippen LogP contribution in [0.1, 0.15) is 29.3 Å². The standard InChI is InChI=1S/C14H18N2OS/c1-3-17-13(11-7-5-4-6-8-11)14-16-12(9-15-2)10-18-14/h4-8,10,13,15H,3,9H2,1-2H3. The van der Waals surface area contributed by atoms with Gasteiger partial charge in [0.05, 0.1) is 5.69 Å². The molecule has 0 aliphatic rings. The molecular weight excluding hydrogens is 244 g/mol. The number of rotatable bonds is 6. The van der Waals surface area contributed by atoms with Crippen molar-refractivity contribution in [1.29, 1.82) is 0 Å². The van der Waals surface area contributed by atoms with Crippen LogP contribution in [0.2, 0.25) is 0 Å². The van der Waals surface area contributed by atoms with E-state index in [-0.39, 0.29) is 6.10 Å². The molecule has 18 heavy (non-hydrogen) atoms. The zero-order valence-electron chi connectivity index (χ0n) is 10.7. The van der Waals surface area contributed by atoms with Gasteiger partial charge < -0.3 is 10.1 Å². The molecule has 0 spiro atoms. The molecule has 2 rings (SSSR count). The van der Waals surface area contributed by atoms with E-state index >= 15 is 0 Å². The minimum absolute atomic E-state index is 0.0493. The molecule has 0 bridgehead atoms. The maximum absolute atomic E-state index is 5.83. The van der Waals surface area contributed by atoms with Crippen molar-refractivity contribution in [3.05, 3.63) is 52.0 Å². The van der Waals surface area contributed by atoms with Gasteiger partial charge in [0.1, 0.15) is 11.1 Å². The summed E-state index contributed by atoms with van der Waals surface area (Å²) in [6.07, 6.45) is -0.0493. The van der Waals surface area contributed by atoms with Crippen LogP contribution in [0.4, 0.5) is 0 Å². The first-order valence-electron chi connectivity index (χ1n) is 6.10. The monoisotopic (exact) mass is 262 g/mol. The molecule has 4 heteroatoms. The predicted octanol–water partition coefficient (Wildman–Crippen LogP) is 2.99. The first-order chi connectivity index (χ1) is 8.85. The van der Waals surface area contributed by atoms with Gasteiger partial charge in [-0.1, -0.05) is 30.3 Å². The van der Waals surface area contributed by atoms with Gasteiger partial charge in [0.2, 0.25) is 0 Å². The van der Waals surface area contributed by atoms with Crippen molar-refractivity contribution >= 4 is 11.3 Å². The van der Waals surface area contributed by atoms with E-state index in [0.29, 0.717) is 6.61 Å². The lowest BCUT2D eigenvalue weighted by Crippen LogP contribution is -2.08. The summed E-state index contributed by atoms with van der Waals surface area (Å²) in [5.74, 6) is 0. The molecule has 0 saturated heterocycles. The summed E-state index contributed by atoms with van der Waals surface area (Å²) in [4.78, 5) is 4.63. The minimum atomic E-state index is -0.0493. The van der Waals surface area contributed by atoms with E-state index in [2.05, 4.69) is 27.8 Å². The largest absolute Gasteiger partial charge is 0.367 e. The fraction of sp³-hybridized carbons (Fsp3) is 0.357. The number of hydrogen-bond donors (Lipinski definition) is 1. The number of ether oxygens (including phenoxy) is 1. The second-order valence-corrected chi connectivity index (χ2v) is 4.84. The van der Waals surface area contributed by atoms with Gasteiger partial charge >= 0.3 is 0 Å². The Balaban J connectivity index is 2.23. The molecule has 1 unspecified atom stereocenters. The van der Waals surface area contributed by atoms with Crippen LogP contribution >= 0.6 is 11.3 Å².